The van der Waals surface area contributed by atoms with Crippen LogP contribution in [0, 0.1) is 0 Å². The monoisotopic (exact) mass is 399 g/mol. The fourth-order valence-corrected chi connectivity index (χ4v) is 3.75. The molecule has 0 saturated carbocycles. The Labute approximate surface area is 163 Å². The van der Waals surface area contributed by atoms with Crippen LogP contribution in [0.15, 0.2) is 48.5 Å². The summed E-state index contributed by atoms with van der Waals surface area (Å²) in [5.74, 6) is 0.262. The highest BCUT2D eigenvalue weighted by molar-refractivity contribution is 5.88. The molecule has 29 heavy (non-hydrogen) atoms. The minimum absolute atomic E-state index is 0.144. The van der Waals surface area contributed by atoms with Gasteiger partial charge in [-0.2, -0.15) is 13.2 Å². The molecule has 1 aliphatic rings. The lowest BCUT2D eigenvalue weighted by Gasteiger charge is -2.15. The van der Waals surface area contributed by atoms with Crippen LogP contribution in [-0.2, 0) is 6.18 Å². The van der Waals surface area contributed by atoms with Crippen molar-refractivity contribution >= 4 is 22.4 Å². The van der Waals surface area contributed by atoms with Crippen LogP contribution in [0.4, 0.5) is 19.0 Å². The predicted octanol–water partition coefficient (Wildman–Crippen LogP) is 2.85. The molecule has 6 nitrogen and oxygen atoms in total. The fraction of sp³-hybridized carbons (Fsp3) is 0.250. The largest absolute Gasteiger partial charge is 0.842 e. The molecule has 9 heteroatoms. The van der Waals surface area contributed by atoms with Gasteiger partial charge in [-0.3, -0.25) is 0 Å². The highest BCUT2D eigenvalue weighted by atomic mass is 19.4. The third kappa shape index (κ3) is 2.84. The van der Waals surface area contributed by atoms with Gasteiger partial charge >= 0.3 is 11.8 Å². The Bertz CT molecular complexity index is 1210. The van der Waals surface area contributed by atoms with E-state index in [1.807, 2.05) is 24.3 Å². The summed E-state index contributed by atoms with van der Waals surface area (Å²) in [5.41, 5.74) is 0.339. The van der Waals surface area contributed by atoms with Crippen molar-refractivity contribution in [2.45, 2.75) is 19.0 Å². The first-order chi connectivity index (χ1) is 13.9. The van der Waals surface area contributed by atoms with Crippen molar-refractivity contribution in [3.63, 3.8) is 0 Å². The zero-order valence-corrected chi connectivity index (χ0v) is 15.2. The maximum absolute atomic E-state index is 13.0. The molecule has 0 bridgehead atoms. The highest BCUT2D eigenvalue weighted by Gasteiger charge is 2.31. The summed E-state index contributed by atoms with van der Waals surface area (Å²) in [5, 5.41) is 18.2. The van der Waals surface area contributed by atoms with Crippen LogP contribution in [0.25, 0.3) is 22.2 Å². The highest BCUT2D eigenvalue weighted by Crippen LogP contribution is 2.31. The summed E-state index contributed by atoms with van der Waals surface area (Å²) in [4.78, 5) is 6.75. The predicted molar refractivity (Wildman–Crippen MR) is 97.9 cm³/mol. The van der Waals surface area contributed by atoms with Gasteiger partial charge in [0.1, 0.15) is 17.1 Å². The molecule has 0 aliphatic carbocycles. The van der Waals surface area contributed by atoms with Crippen LogP contribution in [-0.4, -0.2) is 28.0 Å². The van der Waals surface area contributed by atoms with E-state index in [0.717, 1.165) is 59.5 Å². The van der Waals surface area contributed by atoms with Crippen molar-refractivity contribution in [2.24, 2.45) is 0 Å². The van der Waals surface area contributed by atoms with Gasteiger partial charge in [-0.15, -0.1) is 9.20 Å². The van der Waals surface area contributed by atoms with Crippen LogP contribution in [0.1, 0.15) is 18.4 Å². The number of hydrogen-bond donors (Lipinski definition) is 0. The molecule has 0 amide bonds. The number of hydrogen-bond acceptors (Lipinski definition) is 4. The smallest absolute Gasteiger partial charge is 0.416 e. The Balaban J connectivity index is 1.71. The lowest BCUT2D eigenvalue weighted by Crippen LogP contribution is -2.29. The van der Waals surface area contributed by atoms with Gasteiger partial charge in [-0.25, -0.2) is 0 Å². The van der Waals surface area contributed by atoms with Gasteiger partial charge < -0.3 is 10.0 Å². The summed E-state index contributed by atoms with van der Waals surface area (Å²) in [6.07, 6.45) is -2.31. The van der Waals surface area contributed by atoms with E-state index in [0.29, 0.717) is 0 Å². The third-order valence-electron chi connectivity index (χ3n) is 5.19. The average Bonchev–Trinajstić information content (AvgIpc) is 3.35. The number of benzene rings is 2. The fourth-order valence-electron chi connectivity index (χ4n) is 3.75. The van der Waals surface area contributed by atoms with E-state index in [9.17, 15) is 18.3 Å². The maximum Gasteiger partial charge on any atom is 0.416 e. The van der Waals surface area contributed by atoms with E-state index in [4.69, 9.17) is 0 Å². The molecular weight excluding hydrogens is 383 g/mol. The quantitative estimate of drug-likeness (QED) is 0.487. The summed E-state index contributed by atoms with van der Waals surface area (Å²) < 4.78 is 41.0. The average molecular weight is 399 g/mol. The molecule has 1 saturated heterocycles. The van der Waals surface area contributed by atoms with E-state index >= 15 is 0 Å². The molecule has 0 spiro atoms. The number of halogens is 3. The van der Waals surface area contributed by atoms with E-state index < -0.39 is 17.6 Å². The first kappa shape index (κ1) is 17.7. The number of alkyl halides is 3. The van der Waals surface area contributed by atoms with Gasteiger partial charge in [-0.05, 0) is 49.2 Å². The van der Waals surface area contributed by atoms with Gasteiger partial charge in [0, 0.05) is 18.3 Å². The summed E-state index contributed by atoms with van der Waals surface area (Å²) in [7, 11) is 0. The van der Waals surface area contributed by atoms with Gasteiger partial charge in [-0.1, -0.05) is 17.1 Å². The second-order valence-electron chi connectivity index (χ2n) is 7.03. The van der Waals surface area contributed by atoms with Crippen molar-refractivity contribution in [1.82, 2.24) is 14.9 Å². The standard InChI is InChI=1S/C20H16F3N5O/c21-20(22,23)13-7-9-14(10-8-13)27-19(29)18-24-17(26-11-3-4-12-26)15-5-1-2-6-16(15)28(18)25-27/h1-2,5-10H,3-4,11-12H2. The lowest BCUT2D eigenvalue weighted by molar-refractivity contribution is -0.558. The molecule has 1 fully saturated rings. The molecule has 2 aromatic carbocycles. The Morgan fingerprint density at radius 2 is 1.66 bits per heavy atom. The van der Waals surface area contributed by atoms with Gasteiger partial charge in [0.2, 0.25) is 5.82 Å². The first-order valence-corrected chi connectivity index (χ1v) is 9.27. The molecule has 3 heterocycles. The second kappa shape index (κ2) is 6.33. The lowest BCUT2D eigenvalue weighted by atomic mass is 10.2. The molecule has 4 aromatic rings. The normalized spacial score (nSPS) is 14.9. The molecule has 0 N–H and O–H groups in total. The molecule has 0 radical (unpaired) electrons. The SMILES string of the molecule is [O-]c1c2nc(N3CCCC3)c3ccccc3[n+]2nn1-c1ccc(C(F)(F)F)cc1. The van der Waals surface area contributed by atoms with Gasteiger partial charge in [0.05, 0.1) is 10.9 Å². The Hall–Kier alpha value is -3.36. The van der Waals surface area contributed by atoms with Crippen LogP contribution < -0.4 is 14.5 Å². The number of nitrogens with zero attached hydrogens (tertiary/aromatic N) is 5. The van der Waals surface area contributed by atoms with E-state index in [2.05, 4.69) is 15.1 Å². The van der Waals surface area contributed by atoms with Crippen LogP contribution in [0.3, 0.4) is 0 Å². The van der Waals surface area contributed by atoms with Crippen LogP contribution in [0.5, 0.6) is 5.88 Å². The van der Waals surface area contributed by atoms with E-state index in [-0.39, 0.29) is 11.3 Å². The zero-order chi connectivity index (χ0) is 20.2. The van der Waals surface area contributed by atoms with Crippen molar-refractivity contribution < 1.29 is 22.8 Å². The second-order valence-corrected chi connectivity index (χ2v) is 7.03. The third-order valence-corrected chi connectivity index (χ3v) is 5.19. The molecule has 0 atom stereocenters. The van der Waals surface area contributed by atoms with Crippen molar-refractivity contribution in [3.05, 3.63) is 54.1 Å². The summed E-state index contributed by atoms with van der Waals surface area (Å²) in [6, 6.07) is 11.9. The number of fused-ring (bicyclic) bond motifs is 3. The number of anilines is 1. The maximum atomic E-state index is 13.0. The molecular formula is C20H16F3N5O. The number of para-hydroxylation sites is 1. The van der Waals surface area contributed by atoms with E-state index in [1.165, 1.54) is 16.6 Å². The van der Waals surface area contributed by atoms with Crippen LogP contribution in [0.2, 0.25) is 0 Å². The molecule has 2 aromatic heterocycles. The summed E-state index contributed by atoms with van der Waals surface area (Å²) >= 11 is 0. The Morgan fingerprint density at radius 1 is 0.966 bits per heavy atom. The summed E-state index contributed by atoms with van der Waals surface area (Å²) in [6.45, 7) is 1.74. The number of rotatable bonds is 2. The molecule has 1 aliphatic heterocycles. The zero-order valence-electron chi connectivity index (χ0n) is 15.2. The van der Waals surface area contributed by atoms with Crippen LogP contribution >= 0.6 is 0 Å². The first-order valence-electron chi connectivity index (χ1n) is 9.27. The van der Waals surface area contributed by atoms with Crippen molar-refractivity contribution in [1.29, 1.82) is 0 Å². The topological polar surface area (TPSA) is 61.1 Å². The van der Waals surface area contributed by atoms with Gasteiger partial charge in [0.25, 0.3) is 0 Å². The minimum Gasteiger partial charge on any atom is -0.842 e. The molecule has 148 valence electrons. The van der Waals surface area contributed by atoms with Crippen molar-refractivity contribution in [2.75, 3.05) is 18.0 Å². The minimum atomic E-state index is -4.44. The van der Waals surface area contributed by atoms with E-state index in [1.54, 1.807) is 0 Å². The van der Waals surface area contributed by atoms with Crippen molar-refractivity contribution in [3.8, 4) is 11.6 Å². The van der Waals surface area contributed by atoms with Gasteiger partial charge in [0.15, 0.2) is 0 Å². The number of aromatic nitrogens is 4. The Morgan fingerprint density at radius 3 is 2.34 bits per heavy atom. The molecule has 5 rings (SSSR count). The Kier molecular flexibility index (Phi) is 3.87. The molecule has 0 unspecified atom stereocenters.